The third kappa shape index (κ3) is 3.10. The quantitative estimate of drug-likeness (QED) is 0.884. The van der Waals surface area contributed by atoms with Crippen LogP contribution in [-0.4, -0.2) is 24.0 Å². The third-order valence-corrected chi connectivity index (χ3v) is 3.88. The van der Waals surface area contributed by atoms with Crippen molar-refractivity contribution in [2.45, 2.75) is 32.4 Å². The van der Waals surface area contributed by atoms with Crippen molar-refractivity contribution < 1.29 is 0 Å². The molecule has 96 valence electrons. The molecule has 0 aromatic heterocycles. The van der Waals surface area contributed by atoms with Crippen molar-refractivity contribution in [3.05, 3.63) is 35.4 Å². The van der Waals surface area contributed by atoms with Gasteiger partial charge in [0, 0.05) is 19.1 Å². The monoisotopic (exact) mass is 243 g/mol. The molecule has 18 heavy (non-hydrogen) atoms. The molecule has 2 rings (SSSR count). The van der Waals surface area contributed by atoms with Gasteiger partial charge in [-0.25, -0.2) is 0 Å². The van der Waals surface area contributed by atoms with E-state index < -0.39 is 0 Å². The summed E-state index contributed by atoms with van der Waals surface area (Å²) in [6, 6.07) is 10.7. The molecule has 2 unspecified atom stereocenters. The second kappa shape index (κ2) is 5.99. The van der Waals surface area contributed by atoms with Gasteiger partial charge in [-0.05, 0) is 49.9 Å². The lowest BCUT2D eigenvalue weighted by molar-refractivity contribution is 0.113. The fourth-order valence-corrected chi connectivity index (χ4v) is 2.65. The van der Waals surface area contributed by atoms with E-state index in [-0.39, 0.29) is 0 Å². The zero-order chi connectivity index (χ0) is 13.0. The molecule has 2 N–H and O–H groups in total. The smallest absolute Gasteiger partial charge is 0.0991 e. The number of piperidine rings is 1. The van der Waals surface area contributed by atoms with Gasteiger partial charge in [0.1, 0.15) is 0 Å². The van der Waals surface area contributed by atoms with Crippen LogP contribution in [0.5, 0.6) is 0 Å². The predicted octanol–water partition coefficient (Wildman–Crippen LogP) is 2.12. The van der Waals surface area contributed by atoms with Crippen LogP contribution < -0.4 is 5.73 Å². The third-order valence-electron chi connectivity index (χ3n) is 3.88. The highest BCUT2D eigenvalue weighted by molar-refractivity contribution is 5.32. The summed E-state index contributed by atoms with van der Waals surface area (Å²) in [5.41, 5.74) is 7.74. The first-order valence-corrected chi connectivity index (χ1v) is 6.66. The van der Waals surface area contributed by atoms with Crippen LogP contribution in [-0.2, 0) is 6.54 Å². The van der Waals surface area contributed by atoms with Gasteiger partial charge in [-0.3, -0.25) is 4.90 Å². The Hall–Kier alpha value is -1.37. The molecule has 0 amide bonds. The Morgan fingerprint density at radius 1 is 1.44 bits per heavy atom. The van der Waals surface area contributed by atoms with Gasteiger partial charge in [0.25, 0.3) is 0 Å². The van der Waals surface area contributed by atoms with Crippen molar-refractivity contribution >= 4 is 0 Å². The lowest BCUT2D eigenvalue weighted by atomic mass is 9.93. The van der Waals surface area contributed by atoms with Crippen molar-refractivity contribution in [1.29, 1.82) is 5.26 Å². The van der Waals surface area contributed by atoms with Crippen LogP contribution in [0.3, 0.4) is 0 Å². The fourth-order valence-electron chi connectivity index (χ4n) is 2.65. The molecule has 0 saturated carbocycles. The molecule has 2 atom stereocenters. The molecule has 1 aromatic rings. The van der Waals surface area contributed by atoms with Crippen LogP contribution in [0.2, 0.25) is 0 Å². The van der Waals surface area contributed by atoms with E-state index in [1.807, 2.05) is 18.2 Å². The molecule has 1 saturated heterocycles. The van der Waals surface area contributed by atoms with E-state index in [9.17, 15) is 0 Å². The maximum absolute atomic E-state index is 8.92. The number of hydrogen-bond donors (Lipinski definition) is 1. The van der Waals surface area contributed by atoms with Gasteiger partial charge in [-0.2, -0.15) is 5.26 Å². The van der Waals surface area contributed by atoms with Gasteiger partial charge in [0.2, 0.25) is 0 Å². The largest absolute Gasteiger partial charge is 0.330 e. The molecular formula is C15H21N3. The number of nitriles is 1. The highest BCUT2D eigenvalue weighted by atomic mass is 15.2. The van der Waals surface area contributed by atoms with E-state index in [0.29, 0.717) is 12.0 Å². The van der Waals surface area contributed by atoms with Crippen LogP contribution in [0.4, 0.5) is 0 Å². The van der Waals surface area contributed by atoms with E-state index in [0.717, 1.165) is 25.2 Å². The predicted molar refractivity (Wildman–Crippen MR) is 72.8 cm³/mol. The second-order valence-corrected chi connectivity index (χ2v) is 5.27. The Kier molecular flexibility index (Phi) is 4.35. The Morgan fingerprint density at radius 3 is 3.00 bits per heavy atom. The molecule has 1 fully saturated rings. The van der Waals surface area contributed by atoms with Crippen molar-refractivity contribution in [1.82, 2.24) is 4.90 Å². The number of nitrogens with two attached hydrogens (primary N) is 1. The highest BCUT2D eigenvalue weighted by Crippen LogP contribution is 2.23. The summed E-state index contributed by atoms with van der Waals surface area (Å²) in [6.07, 6.45) is 2.46. The van der Waals surface area contributed by atoms with Crippen LogP contribution in [0, 0.1) is 17.2 Å². The first-order valence-electron chi connectivity index (χ1n) is 6.66. The number of likely N-dealkylation sites (tertiary alicyclic amines) is 1. The van der Waals surface area contributed by atoms with Crippen LogP contribution in [0.15, 0.2) is 24.3 Å². The molecule has 1 aliphatic heterocycles. The molecule has 1 aliphatic rings. The number of nitrogens with zero attached hydrogens (tertiary/aromatic N) is 2. The van der Waals surface area contributed by atoms with Gasteiger partial charge in [0.05, 0.1) is 11.6 Å². The average Bonchev–Trinajstić information content (AvgIpc) is 2.41. The molecule has 3 nitrogen and oxygen atoms in total. The summed E-state index contributed by atoms with van der Waals surface area (Å²) in [7, 11) is 0. The minimum absolute atomic E-state index is 0.610. The topological polar surface area (TPSA) is 53.0 Å². The summed E-state index contributed by atoms with van der Waals surface area (Å²) < 4.78 is 0. The standard InChI is InChI=1S/C15H21N3/c1-12-5-6-15(9-17)11-18(12)10-14-4-2-3-13(7-14)8-16/h2-4,7,12,15H,5-6,9-11,17H2,1H3. The first kappa shape index (κ1) is 13.1. The Labute approximate surface area is 109 Å². The molecule has 0 bridgehead atoms. The van der Waals surface area contributed by atoms with E-state index in [4.69, 9.17) is 11.0 Å². The lowest BCUT2D eigenvalue weighted by Gasteiger charge is -2.37. The van der Waals surface area contributed by atoms with Crippen molar-refractivity contribution in [2.24, 2.45) is 11.7 Å². The minimum atomic E-state index is 0.610. The molecule has 1 aromatic carbocycles. The van der Waals surface area contributed by atoms with Crippen LogP contribution in [0.1, 0.15) is 30.9 Å². The Bertz CT molecular complexity index is 436. The zero-order valence-electron chi connectivity index (χ0n) is 11.0. The molecule has 3 heteroatoms. The van der Waals surface area contributed by atoms with Crippen LogP contribution >= 0.6 is 0 Å². The summed E-state index contributed by atoms with van der Waals surface area (Å²) in [5, 5.41) is 8.92. The summed E-state index contributed by atoms with van der Waals surface area (Å²) in [6.45, 7) is 5.06. The first-order chi connectivity index (χ1) is 8.72. The molecular weight excluding hydrogens is 222 g/mol. The second-order valence-electron chi connectivity index (χ2n) is 5.27. The number of benzene rings is 1. The fraction of sp³-hybridized carbons (Fsp3) is 0.533. The maximum Gasteiger partial charge on any atom is 0.0991 e. The van der Waals surface area contributed by atoms with Crippen LogP contribution in [0.25, 0.3) is 0 Å². The highest BCUT2D eigenvalue weighted by Gasteiger charge is 2.24. The summed E-state index contributed by atoms with van der Waals surface area (Å²) in [4.78, 5) is 2.48. The van der Waals surface area contributed by atoms with Gasteiger partial charge in [0.15, 0.2) is 0 Å². The summed E-state index contributed by atoms with van der Waals surface area (Å²) >= 11 is 0. The number of hydrogen-bond acceptors (Lipinski definition) is 3. The maximum atomic E-state index is 8.92. The van der Waals surface area contributed by atoms with E-state index >= 15 is 0 Å². The molecule has 1 heterocycles. The van der Waals surface area contributed by atoms with Crippen molar-refractivity contribution in [3.8, 4) is 6.07 Å². The minimum Gasteiger partial charge on any atom is -0.330 e. The van der Waals surface area contributed by atoms with E-state index in [2.05, 4.69) is 24.0 Å². The molecule has 0 spiro atoms. The lowest BCUT2D eigenvalue weighted by Crippen LogP contribution is -2.43. The average molecular weight is 243 g/mol. The number of rotatable bonds is 3. The van der Waals surface area contributed by atoms with Gasteiger partial charge >= 0.3 is 0 Å². The zero-order valence-corrected chi connectivity index (χ0v) is 11.0. The Morgan fingerprint density at radius 2 is 2.28 bits per heavy atom. The van der Waals surface area contributed by atoms with E-state index in [1.54, 1.807) is 0 Å². The van der Waals surface area contributed by atoms with Gasteiger partial charge in [-0.15, -0.1) is 0 Å². The van der Waals surface area contributed by atoms with E-state index in [1.165, 1.54) is 18.4 Å². The molecule has 0 aliphatic carbocycles. The molecule has 0 radical (unpaired) electrons. The van der Waals surface area contributed by atoms with Gasteiger partial charge in [-0.1, -0.05) is 12.1 Å². The van der Waals surface area contributed by atoms with Gasteiger partial charge < -0.3 is 5.73 Å². The SMILES string of the molecule is CC1CCC(CN)CN1Cc1cccc(C#N)c1. The van der Waals surface area contributed by atoms with Crippen molar-refractivity contribution in [3.63, 3.8) is 0 Å². The Balaban J connectivity index is 2.05. The normalized spacial score (nSPS) is 24.7. The van der Waals surface area contributed by atoms with Crippen molar-refractivity contribution in [2.75, 3.05) is 13.1 Å². The summed E-state index contributed by atoms with van der Waals surface area (Å²) in [5.74, 6) is 0.625.